The van der Waals surface area contributed by atoms with Crippen LogP contribution >= 0.6 is 0 Å². The molecule has 0 radical (unpaired) electrons. The number of carbonyl (C=O) groups is 1. The number of aryl methyl sites for hydroxylation is 2. The van der Waals surface area contributed by atoms with Gasteiger partial charge in [-0.05, 0) is 42.5 Å². The highest BCUT2D eigenvalue weighted by Crippen LogP contribution is 2.29. The fourth-order valence-electron chi connectivity index (χ4n) is 3.18. The highest BCUT2D eigenvalue weighted by Gasteiger charge is 2.13. The van der Waals surface area contributed by atoms with E-state index in [0.29, 0.717) is 22.7 Å². The number of amides is 1. The molecule has 0 saturated carbocycles. The Morgan fingerprint density at radius 1 is 1.04 bits per heavy atom. The first-order valence-corrected chi connectivity index (χ1v) is 9.24. The lowest BCUT2D eigenvalue weighted by molar-refractivity contribution is 0.102. The Labute approximate surface area is 163 Å². The van der Waals surface area contributed by atoms with Gasteiger partial charge in [0, 0.05) is 19.0 Å². The number of para-hydroxylation sites is 3. The Morgan fingerprint density at radius 2 is 1.79 bits per heavy atom. The number of fused-ring (bicyclic) bond motifs is 1. The first-order chi connectivity index (χ1) is 13.7. The molecule has 5 nitrogen and oxygen atoms in total. The van der Waals surface area contributed by atoms with E-state index in [2.05, 4.69) is 21.8 Å². The number of nitrogens with one attached hydrogen (secondary N) is 1. The summed E-state index contributed by atoms with van der Waals surface area (Å²) in [4.78, 5) is 17.4. The summed E-state index contributed by atoms with van der Waals surface area (Å²) < 4.78 is 7.98. The molecule has 0 spiro atoms. The summed E-state index contributed by atoms with van der Waals surface area (Å²) in [7, 11) is 1.99. The van der Waals surface area contributed by atoms with Gasteiger partial charge in [-0.15, -0.1) is 0 Å². The maximum atomic E-state index is 12.8. The van der Waals surface area contributed by atoms with Crippen LogP contribution in [0.5, 0.6) is 11.5 Å². The molecule has 0 aliphatic carbocycles. The standard InChI is InChI=1S/C23H21N3O2/c1-3-22-24-19-15-16(13-14-20(19)26(22)2)23(27)25-18-11-7-8-12-21(18)28-17-9-5-4-6-10-17/h4-15H,3H2,1-2H3,(H,25,27). The number of rotatable bonds is 5. The van der Waals surface area contributed by atoms with E-state index in [4.69, 9.17) is 4.74 Å². The zero-order valence-electron chi connectivity index (χ0n) is 15.8. The van der Waals surface area contributed by atoms with Gasteiger partial charge in [0.2, 0.25) is 0 Å². The normalized spacial score (nSPS) is 10.8. The summed E-state index contributed by atoms with van der Waals surface area (Å²) in [5.74, 6) is 2.10. The van der Waals surface area contributed by atoms with Crippen LogP contribution in [0, 0.1) is 0 Å². The van der Waals surface area contributed by atoms with Crippen molar-refractivity contribution in [1.29, 1.82) is 0 Å². The van der Waals surface area contributed by atoms with Gasteiger partial charge in [0.05, 0.1) is 16.7 Å². The monoisotopic (exact) mass is 371 g/mol. The number of nitrogens with zero attached hydrogens (tertiary/aromatic N) is 2. The van der Waals surface area contributed by atoms with Crippen molar-refractivity contribution in [3.05, 3.63) is 84.2 Å². The van der Waals surface area contributed by atoms with Crippen LogP contribution in [0.25, 0.3) is 11.0 Å². The van der Waals surface area contributed by atoms with Gasteiger partial charge in [-0.1, -0.05) is 37.3 Å². The Balaban J connectivity index is 1.59. The summed E-state index contributed by atoms with van der Waals surface area (Å²) in [6.45, 7) is 2.07. The van der Waals surface area contributed by atoms with Crippen molar-refractivity contribution in [1.82, 2.24) is 9.55 Å². The third-order valence-electron chi connectivity index (χ3n) is 4.66. The molecule has 0 bridgehead atoms. The predicted molar refractivity (Wildman–Crippen MR) is 111 cm³/mol. The second-order valence-corrected chi connectivity index (χ2v) is 6.51. The van der Waals surface area contributed by atoms with Crippen LogP contribution < -0.4 is 10.1 Å². The fourth-order valence-corrected chi connectivity index (χ4v) is 3.18. The molecule has 0 aliphatic heterocycles. The highest BCUT2D eigenvalue weighted by molar-refractivity contribution is 6.06. The van der Waals surface area contributed by atoms with Gasteiger partial charge in [-0.25, -0.2) is 4.98 Å². The summed E-state index contributed by atoms with van der Waals surface area (Å²) >= 11 is 0. The first kappa shape index (κ1) is 17.8. The molecule has 1 amide bonds. The van der Waals surface area contributed by atoms with Crippen molar-refractivity contribution in [3.8, 4) is 11.5 Å². The average Bonchev–Trinajstić information content (AvgIpc) is 3.05. The third-order valence-corrected chi connectivity index (χ3v) is 4.66. The van der Waals surface area contributed by atoms with Crippen LogP contribution in [0.3, 0.4) is 0 Å². The van der Waals surface area contributed by atoms with Crippen LogP contribution in [0.4, 0.5) is 5.69 Å². The first-order valence-electron chi connectivity index (χ1n) is 9.24. The van der Waals surface area contributed by atoms with Crippen LogP contribution in [-0.4, -0.2) is 15.5 Å². The number of anilines is 1. The molecule has 0 atom stereocenters. The molecule has 5 heteroatoms. The molecule has 0 aliphatic rings. The van der Waals surface area contributed by atoms with Crippen molar-refractivity contribution < 1.29 is 9.53 Å². The quantitative estimate of drug-likeness (QED) is 0.526. The largest absolute Gasteiger partial charge is 0.455 e. The summed E-state index contributed by atoms with van der Waals surface area (Å²) in [6.07, 6.45) is 0.844. The fraction of sp³-hybridized carbons (Fsp3) is 0.130. The molecule has 3 aromatic carbocycles. The van der Waals surface area contributed by atoms with Gasteiger partial charge in [0.15, 0.2) is 5.75 Å². The number of hydrogen-bond acceptors (Lipinski definition) is 3. The second-order valence-electron chi connectivity index (χ2n) is 6.51. The van der Waals surface area contributed by atoms with Crippen molar-refractivity contribution >= 4 is 22.6 Å². The minimum absolute atomic E-state index is 0.199. The lowest BCUT2D eigenvalue weighted by Gasteiger charge is -2.12. The van der Waals surface area contributed by atoms with E-state index in [0.717, 1.165) is 23.3 Å². The SMILES string of the molecule is CCc1nc2cc(C(=O)Nc3ccccc3Oc3ccccc3)ccc2n1C. The smallest absolute Gasteiger partial charge is 0.255 e. The molecule has 1 aromatic heterocycles. The van der Waals surface area contributed by atoms with E-state index in [1.807, 2.05) is 79.8 Å². The Bertz CT molecular complexity index is 1130. The zero-order chi connectivity index (χ0) is 19.5. The summed E-state index contributed by atoms with van der Waals surface area (Å²) in [6, 6.07) is 22.5. The molecule has 4 rings (SSSR count). The summed E-state index contributed by atoms with van der Waals surface area (Å²) in [5, 5.41) is 2.95. The van der Waals surface area contributed by atoms with Crippen molar-refractivity contribution in [2.24, 2.45) is 7.05 Å². The molecule has 0 fully saturated rings. The van der Waals surface area contributed by atoms with Gasteiger partial charge in [0.25, 0.3) is 5.91 Å². The number of carbonyl (C=O) groups excluding carboxylic acids is 1. The second kappa shape index (κ2) is 7.56. The Kier molecular flexibility index (Phi) is 4.81. The van der Waals surface area contributed by atoms with Gasteiger partial charge >= 0.3 is 0 Å². The molecular formula is C23H21N3O2. The third kappa shape index (κ3) is 3.47. The van der Waals surface area contributed by atoms with Crippen molar-refractivity contribution in [3.63, 3.8) is 0 Å². The van der Waals surface area contributed by atoms with E-state index >= 15 is 0 Å². The number of ether oxygens (including phenoxy) is 1. The van der Waals surface area contributed by atoms with E-state index in [1.165, 1.54) is 0 Å². The summed E-state index contributed by atoms with van der Waals surface area (Å²) in [5.41, 5.74) is 3.01. The topological polar surface area (TPSA) is 56.1 Å². The molecule has 0 unspecified atom stereocenters. The Hall–Kier alpha value is -3.60. The maximum Gasteiger partial charge on any atom is 0.255 e. The average molecular weight is 371 g/mol. The van der Waals surface area contributed by atoms with Crippen LogP contribution in [-0.2, 0) is 13.5 Å². The lowest BCUT2D eigenvalue weighted by Crippen LogP contribution is -2.12. The van der Waals surface area contributed by atoms with Gasteiger partial charge < -0.3 is 14.6 Å². The number of imidazole rings is 1. The Morgan fingerprint density at radius 3 is 2.57 bits per heavy atom. The highest BCUT2D eigenvalue weighted by atomic mass is 16.5. The molecular weight excluding hydrogens is 350 g/mol. The lowest BCUT2D eigenvalue weighted by atomic mass is 10.1. The van der Waals surface area contributed by atoms with Crippen molar-refractivity contribution in [2.45, 2.75) is 13.3 Å². The minimum atomic E-state index is -0.199. The molecule has 28 heavy (non-hydrogen) atoms. The van der Waals surface area contributed by atoms with Gasteiger partial charge in [-0.3, -0.25) is 4.79 Å². The number of hydrogen-bond donors (Lipinski definition) is 1. The van der Waals surface area contributed by atoms with Gasteiger partial charge in [0.1, 0.15) is 11.6 Å². The van der Waals surface area contributed by atoms with Crippen molar-refractivity contribution in [2.75, 3.05) is 5.32 Å². The number of aromatic nitrogens is 2. The molecule has 1 heterocycles. The molecule has 4 aromatic rings. The van der Waals surface area contributed by atoms with E-state index in [9.17, 15) is 4.79 Å². The minimum Gasteiger partial charge on any atom is -0.455 e. The molecule has 0 saturated heterocycles. The number of benzene rings is 3. The van der Waals surface area contributed by atoms with E-state index in [-0.39, 0.29) is 5.91 Å². The van der Waals surface area contributed by atoms with Crippen LogP contribution in [0.15, 0.2) is 72.8 Å². The predicted octanol–water partition coefficient (Wildman–Crippen LogP) is 5.18. The molecule has 1 N–H and O–H groups in total. The zero-order valence-corrected chi connectivity index (χ0v) is 15.8. The van der Waals surface area contributed by atoms with E-state index < -0.39 is 0 Å². The van der Waals surface area contributed by atoms with Crippen LogP contribution in [0.1, 0.15) is 23.1 Å². The van der Waals surface area contributed by atoms with Crippen LogP contribution in [0.2, 0.25) is 0 Å². The molecule has 140 valence electrons. The maximum absolute atomic E-state index is 12.8. The van der Waals surface area contributed by atoms with Gasteiger partial charge in [-0.2, -0.15) is 0 Å². The van der Waals surface area contributed by atoms with E-state index in [1.54, 1.807) is 0 Å².